The van der Waals surface area contributed by atoms with Crippen molar-refractivity contribution in [3.63, 3.8) is 0 Å². The molecule has 0 saturated carbocycles. The molecular weight excluding hydrogens is 368 g/mol. The van der Waals surface area contributed by atoms with E-state index in [-0.39, 0.29) is 5.91 Å². The number of rotatable bonds is 6. The third-order valence-electron chi connectivity index (χ3n) is 6.21. The van der Waals surface area contributed by atoms with Crippen LogP contribution in [0.25, 0.3) is 11.1 Å². The van der Waals surface area contributed by atoms with Crippen LogP contribution in [0.1, 0.15) is 67.6 Å². The van der Waals surface area contributed by atoms with Gasteiger partial charge in [0.25, 0.3) is 5.91 Å². The Kier molecular flexibility index (Phi) is 7.36. The van der Waals surface area contributed by atoms with Gasteiger partial charge in [0.15, 0.2) is 0 Å². The minimum Gasteiger partial charge on any atom is -0.336 e. The van der Waals surface area contributed by atoms with Crippen LogP contribution >= 0.6 is 0 Å². The Morgan fingerprint density at radius 3 is 2.20 bits per heavy atom. The molecule has 162 valence electrons. The standard InChI is InChI=1S/C27H38N2O/c1-7-21-17-22(25-11-9-8-10-24(25)20(4)5)18-23(16-19(2)3)26(21)27(30)29-14-12-28(6)13-15-29/h8-11,17-20H,7,12-16H2,1-6H3. The van der Waals surface area contributed by atoms with Crippen LogP contribution in [0.3, 0.4) is 0 Å². The summed E-state index contributed by atoms with van der Waals surface area (Å²) in [5.41, 5.74) is 7.27. The van der Waals surface area contributed by atoms with Crippen molar-refractivity contribution in [2.45, 2.75) is 53.4 Å². The molecule has 3 rings (SSSR count). The molecule has 1 aliphatic heterocycles. The summed E-state index contributed by atoms with van der Waals surface area (Å²) in [4.78, 5) is 18.0. The fourth-order valence-electron chi connectivity index (χ4n) is 4.51. The third kappa shape index (κ3) is 4.95. The highest BCUT2D eigenvalue weighted by Crippen LogP contribution is 2.33. The number of piperazine rings is 1. The van der Waals surface area contributed by atoms with Gasteiger partial charge in [-0.1, -0.05) is 71.0 Å². The van der Waals surface area contributed by atoms with Gasteiger partial charge in [-0.15, -0.1) is 0 Å². The average molecular weight is 407 g/mol. The second kappa shape index (κ2) is 9.78. The predicted molar refractivity (Wildman–Crippen MR) is 127 cm³/mol. The van der Waals surface area contributed by atoms with Gasteiger partial charge < -0.3 is 9.80 Å². The number of hydrogen-bond donors (Lipinski definition) is 0. The molecule has 0 spiro atoms. The minimum atomic E-state index is 0.222. The van der Waals surface area contributed by atoms with Gasteiger partial charge in [0.2, 0.25) is 0 Å². The van der Waals surface area contributed by atoms with E-state index >= 15 is 0 Å². The molecule has 0 unspecified atom stereocenters. The SMILES string of the molecule is CCc1cc(-c2ccccc2C(C)C)cc(CC(C)C)c1C(=O)N1CCN(C)CC1. The summed E-state index contributed by atoms with van der Waals surface area (Å²) in [5, 5.41) is 0. The number of carbonyl (C=O) groups excluding carboxylic acids is 1. The molecule has 0 N–H and O–H groups in total. The molecule has 1 fully saturated rings. The fraction of sp³-hybridized carbons (Fsp3) is 0.519. The molecule has 3 nitrogen and oxygen atoms in total. The van der Waals surface area contributed by atoms with E-state index in [1.54, 1.807) is 0 Å². The van der Waals surface area contributed by atoms with Crippen LogP contribution in [-0.2, 0) is 12.8 Å². The summed E-state index contributed by atoms with van der Waals surface area (Å²) >= 11 is 0. The topological polar surface area (TPSA) is 23.6 Å². The molecule has 2 aromatic carbocycles. The van der Waals surface area contributed by atoms with Gasteiger partial charge in [-0.3, -0.25) is 4.79 Å². The molecular formula is C27H38N2O. The largest absolute Gasteiger partial charge is 0.336 e. The van der Waals surface area contributed by atoms with Crippen LogP contribution < -0.4 is 0 Å². The van der Waals surface area contributed by atoms with Crippen molar-refractivity contribution >= 4 is 5.91 Å². The molecule has 3 heteroatoms. The molecule has 30 heavy (non-hydrogen) atoms. The fourth-order valence-corrected chi connectivity index (χ4v) is 4.51. The lowest BCUT2D eigenvalue weighted by molar-refractivity contribution is 0.0662. The van der Waals surface area contributed by atoms with Gasteiger partial charge in [0, 0.05) is 31.7 Å². The molecule has 0 aromatic heterocycles. The Labute approximate surface area is 183 Å². The van der Waals surface area contributed by atoms with E-state index in [4.69, 9.17) is 0 Å². The van der Waals surface area contributed by atoms with Crippen LogP contribution in [0.5, 0.6) is 0 Å². The van der Waals surface area contributed by atoms with Gasteiger partial charge in [0.05, 0.1) is 0 Å². The van der Waals surface area contributed by atoms with Crippen LogP contribution in [-0.4, -0.2) is 48.9 Å². The van der Waals surface area contributed by atoms with Crippen molar-refractivity contribution in [1.82, 2.24) is 9.80 Å². The number of amides is 1. The minimum absolute atomic E-state index is 0.222. The Morgan fingerprint density at radius 1 is 0.967 bits per heavy atom. The number of aryl methyl sites for hydroxylation is 1. The first-order valence-corrected chi connectivity index (χ1v) is 11.5. The zero-order chi connectivity index (χ0) is 21.8. The number of nitrogens with zero attached hydrogens (tertiary/aromatic N) is 2. The summed E-state index contributed by atoms with van der Waals surface area (Å²) in [7, 11) is 2.13. The normalized spacial score (nSPS) is 15.3. The maximum absolute atomic E-state index is 13.6. The Balaban J connectivity index is 2.11. The lowest BCUT2D eigenvalue weighted by atomic mass is 9.86. The first kappa shape index (κ1) is 22.6. The van der Waals surface area contributed by atoms with E-state index in [0.29, 0.717) is 11.8 Å². The molecule has 0 radical (unpaired) electrons. The van der Waals surface area contributed by atoms with E-state index in [1.807, 2.05) is 0 Å². The quantitative estimate of drug-likeness (QED) is 0.621. The monoisotopic (exact) mass is 406 g/mol. The van der Waals surface area contributed by atoms with Crippen LogP contribution in [0.2, 0.25) is 0 Å². The first-order chi connectivity index (χ1) is 14.3. The van der Waals surface area contributed by atoms with E-state index in [1.165, 1.54) is 27.8 Å². The molecule has 1 saturated heterocycles. The third-order valence-corrected chi connectivity index (χ3v) is 6.21. The lowest BCUT2D eigenvalue weighted by Crippen LogP contribution is -2.47. The maximum Gasteiger partial charge on any atom is 0.254 e. The van der Waals surface area contributed by atoms with E-state index in [0.717, 1.165) is 44.6 Å². The summed E-state index contributed by atoms with van der Waals surface area (Å²) < 4.78 is 0. The Hall–Kier alpha value is -2.13. The van der Waals surface area contributed by atoms with Gasteiger partial charge in [-0.25, -0.2) is 0 Å². The number of hydrogen-bond acceptors (Lipinski definition) is 2. The molecule has 0 atom stereocenters. The first-order valence-electron chi connectivity index (χ1n) is 11.5. The molecule has 1 amide bonds. The number of carbonyl (C=O) groups is 1. The highest BCUT2D eigenvalue weighted by Gasteiger charge is 2.25. The predicted octanol–water partition coefficient (Wildman–Crippen LogP) is 5.63. The van der Waals surface area contributed by atoms with Gasteiger partial charge in [-0.05, 0) is 59.5 Å². The van der Waals surface area contributed by atoms with Crippen molar-refractivity contribution in [1.29, 1.82) is 0 Å². The summed E-state index contributed by atoms with van der Waals surface area (Å²) in [6, 6.07) is 13.3. The van der Waals surface area contributed by atoms with E-state index in [2.05, 4.69) is 87.9 Å². The Morgan fingerprint density at radius 2 is 1.60 bits per heavy atom. The van der Waals surface area contributed by atoms with Crippen molar-refractivity contribution in [3.8, 4) is 11.1 Å². The van der Waals surface area contributed by atoms with Gasteiger partial charge in [0.1, 0.15) is 0 Å². The molecule has 2 aromatic rings. The average Bonchev–Trinajstić information content (AvgIpc) is 2.72. The van der Waals surface area contributed by atoms with E-state index in [9.17, 15) is 4.79 Å². The summed E-state index contributed by atoms with van der Waals surface area (Å²) in [6.07, 6.45) is 1.80. The summed E-state index contributed by atoms with van der Waals surface area (Å²) in [6.45, 7) is 14.7. The second-order valence-electron chi connectivity index (χ2n) is 9.46. The van der Waals surface area contributed by atoms with Crippen molar-refractivity contribution in [2.24, 2.45) is 5.92 Å². The highest BCUT2D eigenvalue weighted by molar-refractivity contribution is 5.98. The van der Waals surface area contributed by atoms with Crippen molar-refractivity contribution < 1.29 is 4.79 Å². The van der Waals surface area contributed by atoms with Gasteiger partial charge in [-0.2, -0.15) is 0 Å². The lowest BCUT2D eigenvalue weighted by Gasteiger charge is -2.33. The molecule has 0 bridgehead atoms. The number of benzene rings is 2. The zero-order valence-corrected chi connectivity index (χ0v) is 19.7. The smallest absolute Gasteiger partial charge is 0.254 e. The number of likely N-dealkylation sites (N-methyl/N-ethyl adjacent to an activating group) is 1. The maximum atomic E-state index is 13.6. The molecule has 0 aliphatic carbocycles. The highest BCUT2D eigenvalue weighted by atomic mass is 16.2. The van der Waals surface area contributed by atoms with Crippen LogP contribution in [0.15, 0.2) is 36.4 Å². The molecule has 1 heterocycles. The molecule has 1 aliphatic rings. The van der Waals surface area contributed by atoms with Gasteiger partial charge >= 0.3 is 0 Å². The Bertz CT molecular complexity index is 876. The summed E-state index contributed by atoms with van der Waals surface area (Å²) in [5.74, 6) is 1.19. The van der Waals surface area contributed by atoms with Crippen LogP contribution in [0, 0.1) is 5.92 Å². The van der Waals surface area contributed by atoms with E-state index < -0.39 is 0 Å². The van der Waals surface area contributed by atoms with Crippen molar-refractivity contribution in [3.05, 3.63) is 58.7 Å². The second-order valence-corrected chi connectivity index (χ2v) is 9.46. The van der Waals surface area contributed by atoms with Crippen molar-refractivity contribution in [2.75, 3.05) is 33.2 Å². The zero-order valence-electron chi connectivity index (χ0n) is 19.7. The van der Waals surface area contributed by atoms with Crippen LogP contribution in [0.4, 0.5) is 0 Å².